The largest absolute Gasteiger partial charge is 0.460 e. The molecule has 1 nitrogen and oxygen atoms in total. The Morgan fingerprint density at radius 2 is 0.682 bits per heavy atom. The minimum atomic E-state index is -6.67. The van der Waals surface area contributed by atoms with E-state index in [1.165, 1.54) is 0 Å². The molecule has 0 unspecified atom stereocenters. The van der Waals surface area contributed by atoms with Crippen LogP contribution in [0.4, 0.5) is 30.7 Å². The van der Waals surface area contributed by atoms with Crippen LogP contribution >= 0.6 is 7.14 Å². The highest BCUT2D eigenvalue weighted by Crippen LogP contribution is 2.67. The number of hydrogen-bond donors (Lipinski definition) is 0. The average Bonchev–Trinajstić information content (AvgIpc) is 3.01. The molecule has 0 aliphatic carbocycles. The predicted molar refractivity (Wildman–Crippen MR) is 163 cm³/mol. The number of alkyl halides is 7. The summed E-state index contributed by atoms with van der Waals surface area (Å²) in [4.78, 5) is 0. The summed E-state index contributed by atoms with van der Waals surface area (Å²) in [6.07, 6.45) is -6.67. The Kier molecular flexibility index (Phi) is 5.31. The van der Waals surface area contributed by atoms with E-state index in [0.29, 0.717) is 32.3 Å². The Hall–Kier alpha value is -4.42. The van der Waals surface area contributed by atoms with E-state index in [9.17, 15) is 26.5 Å². The fourth-order valence-electron chi connectivity index (χ4n) is 6.68. The molecule has 0 bridgehead atoms. The molecule has 9 heteroatoms. The molecule has 0 amide bonds. The number of rotatable bonds is 4. The van der Waals surface area contributed by atoms with Gasteiger partial charge in [0.2, 0.25) is 7.14 Å². The highest BCUT2D eigenvalue weighted by Gasteiger charge is 2.79. The molecule has 8 aromatic rings. The molecule has 0 spiro atoms. The van der Waals surface area contributed by atoms with Gasteiger partial charge in [0.15, 0.2) is 0 Å². The van der Waals surface area contributed by atoms with Crippen LogP contribution in [0.25, 0.3) is 64.6 Å². The maximum absolute atomic E-state index is 16.1. The van der Waals surface area contributed by atoms with Gasteiger partial charge in [-0.1, -0.05) is 84.9 Å². The standard InChI is InChI=1S/C35H18F7OP/c36-33(37,34(38,39)40)35(41,42)44(43,27-15-23-11-7-19-3-1-4-20-8-12-24(16-27)31(23)29(19)20)28-17-25-13-9-21-5-2-6-22-10-14-26(18-28)32(25)30(21)22/h1-18H. The summed E-state index contributed by atoms with van der Waals surface area (Å²) in [5.74, 6) is -6.60. The van der Waals surface area contributed by atoms with Crippen LogP contribution in [-0.2, 0) is 4.57 Å². The van der Waals surface area contributed by atoms with Gasteiger partial charge in [0.25, 0.3) is 0 Å². The van der Waals surface area contributed by atoms with Crippen LogP contribution < -0.4 is 10.6 Å². The van der Waals surface area contributed by atoms with Crippen molar-refractivity contribution in [2.24, 2.45) is 0 Å². The molecule has 0 saturated heterocycles. The Morgan fingerprint density at radius 1 is 0.409 bits per heavy atom. The molecule has 0 radical (unpaired) electrons. The van der Waals surface area contributed by atoms with Crippen molar-refractivity contribution in [3.05, 3.63) is 109 Å². The smallest absolute Gasteiger partial charge is 0.307 e. The lowest BCUT2D eigenvalue weighted by atomic mass is 9.94. The van der Waals surface area contributed by atoms with Gasteiger partial charge in [-0.3, -0.25) is 0 Å². The molecular formula is C35H18F7OP. The second-order valence-electron chi connectivity index (χ2n) is 11.2. The number of halogens is 7. The molecule has 0 N–H and O–H groups in total. The first-order valence-corrected chi connectivity index (χ1v) is 15.3. The van der Waals surface area contributed by atoms with Gasteiger partial charge < -0.3 is 4.57 Å². The minimum Gasteiger partial charge on any atom is -0.307 e. The summed E-state index contributed by atoms with van der Waals surface area (Å²) in [6.45, 7) is 0. The van der Waals surface area contributed by atoms with Crippen LogP contribution in [0.5, 0.6) is 0 Å². The Balaban J connectivity index is 1.49. The van der Waals surface area contributed by atoms with Gasteiger partial charge in [0.05, 0.1) is 0 Å². The summed E-state index contributed by atoms with van der Waals surface area (Å²) in [7, 11) is -6.08. The molecule has 0 aromatic heterocycles. The monoisotopic (exact) mass is 618 g/mol. The summed E-state index contributed by atoms with van der Waals surface area (Å²) < 4.78 is 118. The van der Waals surface area contributed by atoms with Crippen molar-refractivity contribution in [3.8, 4) is 0 Å². The Morgan fingerprint density at radius 3 is 0.977 bits per heavy atom. The highest BCUT2D eigenvalue weighted by atomic mass is 31.2. The molecule has 0 aliphatic rings. The molecule has 8 aromatic carbocycles. The van der Waals surface area contributed by atoms with Crippen molar-refractivity contribution in [1.82, 2.24) is 0 Å². The van der Waals surface area contributed by atoms with E-state index in [4.69, 9.17) is 0 Å². The van der Waals surface area contributed by atoms with E-state index in [0.717, 1.165) is 56.6 Å². The molecular weight excluding hydrogens is 600 g/mol. The first-order valence-electron chi connectivity index (χ1n) is 13.6. The quantitative estimate of drug-likeness (QED) is 0.109. The van der Waals surface area contributed by atoms with Crippen LogP contribution in [0.3, 0.4) is 0 Å². The molecule has 0 heterocycles. The molecule has 8 rings (SSSR count). The second kappa shape index (κ2) is 8.60. The number of hydrogen-bond acceptors (Lipinski definition) is 1. The van der Waals surface area contributed by atoms with Gasteiger partial charge >= 0.3 is 17.8 Å². The van der Waals surface area contributed by atoms with Crippen molar-refractivity contribution in [3.63, 3.8) is 0 Å². The van der Waals surface area contributed by atoms with Gasteiger partial charge in [-0.2, -0.15) is 30.7 Å². The zero-order valence-corrected chi connectivity index (χ0v) is 23.3. The molecule has 44 heavy (non-hydrogen) atoms. The first kappa shape index (κ1) is 27.2. The third-order valence-corrected chi connectivity index (χ3v) is 11.8. The van der Waals surface area contributed by atoms with E-state index < -0.39 is 35.5 Å². The normalized spacial score (nSPS) is 13.9. The maximum atomic E-state index is 16.1. The zero-order chi connectivity index (χ0) is 30.8. The van der Waals surface area contributed by atoms with Crippen molar-refractivity contribution >= 4 is 82.4 Å². The summed E-state index contributed by atoms with van der Waals surface area (Å²) in [6, 6.07) is 28.4. The van der Waals surface area contributed by atoms with E-state index >= 15 is 8.78 Å². The van der Waals surface area contributed by atoms with Crippen LogP contribution in [0.2, 0.25) is 0 Å². The van der Waals surface area contributed by atoms with Gasteiger partial charge in [0.1, 0.15) is 0 Å². The molecule has 0 aliphatic heterocycles. The van der Waals surface area contributed by atoms with E-state index in [-0.39, 0.29) is 0 Å². The fraction of sp³-hybridized carbons (Fsp3) is 0.0857. The third kappa shape index (κ3) is 3.35. The predicted octanol–water partition coefficient (Wildman–Crippen LogP) is 10.6. The van der Waals surface area contributed by atoms with Crippen molar-refractivity contribution in [2.75, 3.05) is 0 Å². The maximum Gasteiger partial charge on any atom is 0.460 e. The lowest BCUT2D eigenvalue weighted by molar-refractivity contribution is -0.332. The average molecular weight is 618 g/mol. The van der Waals surface area contributed by atoms with Crippen LogP contribution in [0, 0.1) is 0 Å². The number of benzene rings is 8. The van der Waals surface area contributed by atoms with E-state index in [1.54, 1.807) is 48.5 Å². The van der Waals surface area contributed by atoms with Crippen LogP contribution in [0.1, 0.15) is 0 Å². The zero-order valence-electron chi connectivity index (χ0n) is 22.4. The molecule has 0 fully saturated rings. The van der Waals surface area contributed by atoms with Gasteiger partial charge in [-0.15, -0.1) is 0 Å². The van der Waals surface area contributed by atoms with Crippen molar-refractivity contribution in [2.45, 2.75) is 17.8 Å². The van der Waals surface area contributed by atoms with Crippen molar-refractivity contribution < 1.29 is 35.3 Å². The first-order chi connectivity index (χ1) is 20.8. The summed E-state index contributed by atoms with van der Waals surface area (Å²) in [5.41, 5.74) is -6.03. The lowest BCUT2D eigenvalue weighted by Crippen LogP contribution is -2.54. The SMILES string of the molecule is O=P(c1cc2ccc3cccc4ccc(c1)c2c34)(c1cc2ccc3cccc4ccc(c1)c2c34)C(F)(F)C(F)(F)C(F)(F)F. The summed E-state index contributed by atoms with van der Waals surface area (Å²) in [5, 5.41) is 5.71. The minimum absolute atomic E-state index is 0.297. The van der Waals surface area contributed by atoms with Gasteiger partial charge in [-0.05, 0) is 88.9 Å². The van der Waals surface area contributed by atoms with Gasteiger partial charge in [0, 0.05) is 10.6 Å². The molecule has 0 atom stereocenters. The molecule has 0 saturated carbocycles. The Labute approximate surface area is 244 Å². The van der Waals surface area contributed by atoms with E-state index in [2.05, 4.69) is 0 Å². The van der Waals surface area contributed by atoms with Gasteiger partial charge in [-0.25, -0.2) is 0 Å². The van der Waals surface area contributed by atoms with Crippen molar-refractivity contribution in [1.29, 1.82) is 0 Å². The van der Waals surface area contributed by atoms with Crippen LogP contribution in [0.15, 0.2) is 109 Å². The second-order valence-corrected chi connectivity index (χ2v) is 14.0. The topological polar surface area (TPSA) is 17.1 Å². The third-order valence-electron chi connectivity index (χ3n) is 8.75. The van der Waals surface area contributed by atoms with E-state index in [1.807, 2.05) is 36.4 Å². The highest BCUT2D eigenvalue weighted by molar-refractivity contribution is 7.79. The Bertz CT molecular complexity index is 2200. The molecule has 218 valence electrons. The lowest BCUT2D eigenvalue weighted by Gasteiger charge is -2.35. The fourth-order valence-corrected chi connectivity index (χ4v) is 9.43. The van der Waals surface area contributed by atoms with Crippen LogP contribution in [-0.4, -0.2) is 17.8 Å². The summed E-state index contributed by atoms with van der Waals surface area (Å²) >= 11 is 0.